The average molecular weight is 491 g/mol. The number of benzene rings is 1. The lowest BCUT2D eigenvalue weighted by molar-refractivity contribution is -0.132. The van der Waals surface area contributed by atoms with Crippen LogP contribution in [0, 0.1) is 0 Å². The Morgan fingerprint density at radius 2 is 1.65 bits per heavy atom. The molecule has 34 heavy (non-hydrogen) atoms. The predicted octanol–water partition coefficient (Wildman–Crippen LogP) is 2.16. The first-order valence-corrected chi connectivity index (χ1v) is 14.4. The van der Waals surface area contributed by atoms with E-state index in [1.54, 1.807) is 9.80 Å². The van der Waals surface area contributed by atoms with Crippen LogP contribution in [0.5, 0.6) is 0 Å². The number of carbonyl (C=O) groups excluding carboxylic acids is 2. The summed E-state index contributed by atoms with van der Waals surface area (Å²) in [6.45, 7) is 2.24. The molecule has 0 aromatic heterocycles. The van der Waals surface area contributed by atoms with Crippen molar-refractivity contribution in [3.05, 3.63) is 35.9 Å². The Balaban J connectivity index is 1.59. The molecule has 0 bridgehead atoms. The molecule has 0 atom stereocenters. The van der Waals surface area contributed by atoms with Crippen molar-refractivity contribution in [1.82, 2.24) is 19.6 Å². The van der Waals surface area contributed by atoms with Crippen LogP contribution in [0.1, 0.15) is 44.1 Å². The number of rotatable bonds is 7. The fourth-order valence-corrected chi connectivity index (χ4v) is 6.62. The van der Waals surface area contributed by atoms with Crippen molar-refractivity contribution in [2.24, 2.45) is 0 Å². The Bertz CT molecular complexity index is 997. The number of hydrogen-bond donors (Lipinski definition) is 0. The van der Waals surface area contributed by atoms with Gasteiger partial charge in [0, 0.05) is 38.0 Å². The zero-order valence-electron chi connectivity index (χ0n) is 20.7. The molecule has 3 aliphatic rings. The SMILES string of the molecule is CN(C)C1(c2ccccc2)CCC2(CC1)CN(CCS(C)(=O)=O)C(=O)N2CC(=O)N1CCCC1. The van der Waals surface area contributed by atoms with Gasteiger partial charge < -0.3 is 14.7 Å². The van der Waals surface area contributed by atoms with E-state index < -0.39 is 15.4 Å². The van der Waals surface area contributed by atoms with Crippen LogP contribution in [0.3, 0.4) is 0 Å². The molecular formula is C25H38N4O4S. The predicted molar refractivity (Wildman–Crippen MR) is 132 cm³/mol. The van der Waals surface area contributed by atoms with Crippen molar-refractivity contribution >= 4 is 21.8 Å². The third kappa shape index (κ3) is 4.82. The van der Waals surface area contributed by atoms with Gasteiger partial charge in [0.1, 0.15) is 16.4 Å². The van der Waals surface area contributed by atoms with E-state index in [1.165, 1.54) is 11.8 Å². The van der Waals surface area contributed by atoms with Gasteiger partial charge in [0.15, 0.2) is 0 Å². The molecule has 9 heteroatoms. The minimum absolute atomic E-state index is 0.00249. The minimum atomic E-state index is -3.19. The highest BCUT2D eigenvalue weighted by Gasteiger charge is 2.55. The summed E-state index contributed by atoms with van der Waals surface area (Å²) in [6, 6.07) is 10.3. The van der Waals surface area contributed by atoms with Gasteiger partial charge in [0.05, 0.1) is 11.3 Å². The topological polar surface area (TPSA) is 81.2 Å². The second kappa shape index (κ2) is 9.49. The molecule has 1 saturated carbocycles. The first-order valence-electron chi connectivity index (χ1n) is 12.3. The molecule has 1 aliphatic carbocycles. The van der Waals surface area contributed by atoms with Crippen LogP contribution in [0.15, 0.2) is 30.3 Å². The van der Waals surface area contributed by atoms with Gasteiger partial charge in [-0.3, -0.25) is 9.69 Å². The largest absolute Gasteiger partial charge is 0.341 e. The molecule has 0 N–H and O–H groups in total. The lowest BCUT2D eigenvalue weighted by atomic mass is 9.68. The molecule has 4 rings (SSSR count). The van der Waals surface area contributed by atoms with E-state index in [-0.39, 0.29) is 36.3 Å². The Labute approximate surface area is 203 Å². The maximum Gasteiger partial charge on any atom is 0.321 e. The summed E-state index contributed by atoms with van der Waals surface area (Å²) >= 11 is 0. The maximum atomic E-state index is 13.5. The summed E-state index contributed by atoms with van der Waals surface area (Å²) in [4.78, 5) is 34.1. The second-order valence-electron chi connectivity index (χ2n) is 10.5. The molecule has 3 fully saturated rings. The molecule has 1 aromatic carbocycles. The van der Waals surface area contributed by atoms with Crippen molar-refractivity contribution in [2.75, 3.05) is 58.8 Å². The first-order chi connectivity index (χ1) is 16.1. The number of sulfone groups is 1. The van der Waals surface area contributed by atoms with Crippen molar-refractivity contribution < 1.29 is 18.0 Å². The van der Waals surface area contributed by atoms with Crippen LogP contribution >= 0.6 is 0 Å². The summed E-state index contributed by atoms with van der Waals surface area (Å²) in [7, 11) is 1.03. The van der Waals surface area contributed by atoms with E-state index >= 15 is 0 Å². The number of urea groups is 1. The molecule has 2 aliphatic heterocycles. The maximum absolute atomic E-state index is 13.5. The summed E-state index contributed by atoms with van der Waals surface area (Å²) < 4.78 is 23.6. The number of nitrogens with zero attached hydrogens (tertiary/aromatic N) is 4. The number of carbonyl (C=O) groups is 2. The molecule has 1 spiro atoms. The standard InChI is InChI=1S/C25H38N4O4S/c1-26(2)25(21-9-5-4-6-10-21)13-11-24(12-14-25)20-28(17-18-34(3,32)33)23(31)29(24)19-22(30)27-15-7-8-16-27/h4-6,9-10H,7-8,11-20H2,1-3H3. The normalized spacial score (nSPS) is 27.9. The van der Waals surface area contributed by atoms with E-state index in [0.717, 1.165) is 51.6 Å². The van der Waals surface area contributed by atoms with E-state index in [1.807, 2.05) is 11.0 Å². The number of hydrogen-bond acceptors (Lipinski definition) is 5. The Morgan fingerprint density at radius 3 is 2.21 bits per heavy atom. The van der Waals surface area contributed by atoms with Crippen LogP contribution in [0.2, 0.25) is 0 Å². The van der Waals surface area contributed by atoms with Crippen LogP contribution in [-0.4, -0.2) is 104 Å². The zero-order chi connectivity index (χ0) is 24.6. The Hall–Kier alpha value is -2.13. The fourth-order valence-electron chi connectivity index (χ4n) is 6.07. The van der Waals surface area contributed by atoms with Gasteiger partial charge in [-0.2, -0.15) is 0 Å². The molecule has 1 aromatic rings. The van der Waals surface area contributed by atoms with Gasteiger partial charge in [0.2, 0.25) is 5.91 Å². The lowest BCUT2D eigenvalue weighted by Gasteiger charge is -2.51. The monoisotopic (exact) mass is 490 g/mol. The van der Waals surface area contributed by atoms with Crippen molar-refractivity contribution in [2.45, 2.75) is 49.6 Å². The summed E-state index contributed by atoms with van der Waals surface area (Å²) in [5.74, 6) is -0.0586. The highest BCUT2D eigenvalue weighted by molar-refractivity contribution is 7.90. The van der Waals surface area contributed by atoms with E-state index in [9.17, 15) is 18.0 Å². The number of likely N-dealkylation sites (tertiary alicyclic amines) is 1. The van der Waals surface area contributed by atoms with Crippen LogP contribution in [0.25, 0.3) is 0 Å². The highest BCUT2D eigenvalue weighted by Crippen LogP contribution is 2.48. The summed E-state index contributed by atoms with van der Waals surface area (Å²) in [6.07, 6.45) is 6.49. The first kappa shape index (κ1) is 25.0. The molecular weight excluding hydrogens is 452 g/mol. The molecule has 3 amide bonds. The van der Waals surface area contributed by atoms with E-state index in [0.29, 0.717) is 6.54 Å². The van der Waals surface area contributed by atoms with Gasteiger partial charge in [-0.25, -0.2) is 13.2 Å². The molecule has 188 valence electrons. The summed E-state index contributed by atoms with van der Waals surface area (Å²) in [5, 5.41) is 0. The third-order valence-electron chi connectivity index (χ3n) is 8.22. The quantitative estimate of drug-likeness (QED) is 0.585. The van der Waals surface area contributed by atoms with Crippen LogP contribution in [0.4, 0.5) is 4.79 Å². The Kier molecular flexibility index (Phi) is 6.97. The fraction of sp³-hybridized carbons (Fsp3) is 0.680. The third-order valence-corrected chi connectivity index (χ3v) is 9.14. The van der Waals surface area contributed by atoms with Gasteiger partial charge in [-0.15, -0.1) is 0 Å². The van der Waals surface area contributed by atoms with Crippen molar-refractivity contribution in [3.63, 3.8) is 0 Å². The highest BCUT2D eigenvalue weighted by atomic mass is 32.2. The lowest BCUT2D eigenvalue weighted by Crippen LogP contribution is -2.57. The average Bonchev–Trinajstić information content (AvgIpc) is 3.42. The van der Waals surface area contributed by atoms with Crippen LogP contribution in [-0.2, 0) is 20.2 Å². The van der Waals surface area contributed by atoms with Crippen LogP contribution < -0.4 is 0 Å². The Morgan fingerprint density at radius 1 is 1.03 bits per heavy atom. The zero-order valence-corrected chi connectivity index (χ0v) is 21.5. The minimum Gasteiger partial charge on any atom is -0.341 e. The van der Waals surface area contributed by atoms with Crippen molar-refractivity contribution in [3.8, 4) is 0 Å². The molecule has 8 nitrogen and oxygen atoms in total. The van der Waals surface area contributed by atoms with Gasteiger partial charge in [0.25, 0.3) is 0 Å². The molecule has 2 saturated heterocycles. The smallest absolute Gasteiger partial charge is 0.321 e. The molecule has 0 radical (unpaired) electrons. The van der Waals surface area contributed by atoms with Gasteiger partial charge >= 0.3 is 6.03 Å². The molecule has 2 heterocycles. The van der Waals surface area contributed by atoms with Gasteiger partial charge in [-0.1, -0.05) is 30.3 Å². The van der Waals surface area contributed by atoms with Gasteiger partial charge in [-0.05, 0) is 58.2 Å². The number of amides is 3. The van der Waals surface area contributed by atoms with E-state index in [2.05, 4.69) is 43.3 Å². The summed E-state index contributed by atoms with van der Waals surface area (Å²) in [5.41, 5.74) is 0.700. The second-order valence-corrected chi connectivity index (χ2v) is 12.8. The molecule has 0 unspecified atom stereocenters. The van der Waals surface area contributed by atoms with E-state index in [4.69, 9.17) is 0 Å². The van der Waals surface area contributed by atoms with Crippen molar-refractivity contribution in [1.29, 1.82) is 0 Å².